The molecule has 1 heterocycles. The fourth-order valence-electron chi connectivity index (χ4n) is 1.78. The average Bonchev–Trinajstić information content (AvgIpc) is 2.39. The predicted octanol–water partition coefficient (Wildman–Crippen LogP) is 3.06. The standard InChI is InChI=1S/C14H23N3O/c1-4-9-17(10-5-2)13-8-7-12(11-15-13)16-14(18)6-3/h7-8,11H,4-6,9-10H2,1-3H3,(H,16,18). The molecule has 1 amide bonds. The van der Waals surface area contributed by atoms with Crippen LogP contribution in [-0.4, -0.2) is 24.0 Å². The van der Waals surface area contributed by atoms with E-state index in [2.05, 4.69) is 29.0 Å². The first-order chi connectivity index (χ1) is 8.71. The molecule has 1 rings (SSSR count). The van der Waals surface area contributed by atoms with Crippen molar-refractivity contribution in [2.75, 3.05) is 23.3 Å². The lowest BCUT2D eigenvalue weighted by molar-refractivity contribution is -0.115. The normalized spacial score (nSPS) is 10.2. The van der Waals surface area contributed by atoms with Crippen LogP contribution in [0.5, 0.6) is 0 Å². The van der Waals surface area contributed by atoms with E-state index in [9.17, 15) is 4.79 Å². The van der Waals surface area contributed by atoms with E-state index in [1.807, 2.05) is 19.1 Å². The molecule has 0 saturated carbocycles. The summed E-state index contributed by atoms with van der Waals surface area (Å²) in [5.41, 5.74) is 0.763. The lowest BCUT2D eigenvalue weighted by Gasteiger charge is -2.22. The molecular weight excluding hydrogens is 226 g/mol. The van der Waals surface area contributed by atoms with Gasteiger partial charge in [-0.15, -0.1) is 0 Å². The summed E-state index contributed by atoms with van der Waals surface area (Å²) < 4.78 is 0. The molecule has 1 aromatic heterocycles. The molecule has 4 nitrogen and oxygen atoms in total. The molecule has 0 unspecified atom stereocenters. The van der Waals surface area contributed by atoms with Crippen LogP contribution in [0.4, 0.5) is 11.5 Å². The van der Waals surface area contributed by atoms with E-state index >= 15 is 0 Å². The number of nitrogens with one attached hydrogen (secondary N) is 1. The van der Waals surface area contributed by atoms with Gasteiger partial charge in [-0.3, -0.25) is 4.79 Å². The number of anilines is 2. The van der Waals surface area contributed by atoms with Gasteiger partial charge >= 0.3 is 0 Å². The van der Waals surface area contributed by atoms with Crippen molar-refractivity contribution in [2.45, 2.75) is 40.0 Å². The van der Waals surface area contributed by atoms with Gasteiger partial charge < -0.3 is 10.2 Å². The molecule has 1 aromatic rings. The number of carbonyl (C=O) groups excluding carboxylic acids is 1. The number of hydrogen-bond acceptors (Lipinski definition) is 3. The van der Waals surface area contributed by atoms with Gasteiger partial charge in [0.05, 0.1) is 11.9 Å². The van der Waals surface area contributed by atoms with Crippen molar-refractivity contribution < 1.29 is 4.79 Å². The minimum atomic E-state index is 0.0172. The molecule has 0 radical (unpaired) electrons. The maximum absolute atomic E-state index is 11.3. The van der Waals surface area contributed by atoms with E-state index in [0.717, 1.165) is 37.4 Å². The fraction of sp³-hybridized carbons (Fsp3) is 0.571. The van der Waals surface area contributed by atoms with Crippen LogP contribution in [0.15, 0.2) is 18.3 Å². The van der Waals surface area contributed by atoms with Gasteiger partial charge in [0.15, 0.2) is 0 Å². The fourth-order valence-corrected chi connectivity index (χ4v) is 1.78. The Labute approximate surface area is 109 Å². The van der Waals surface area contributed by atoms with E-state index in [4.69, 9.17) is 0 Å². The second-order valence-corrected chi connectivity index (χ2v) is 4.29. The zero-order valence-corrected chi connectivity index (χ0v) is 11.6. The number of nitrogens with zero attached hydrogens (tertiary/aromatic N) is 2. The van der Waals surface area contributed by atoms with Gasteiger partial charge in [-0.25, -0.2) is 4.98 Å². The number of aromatic nitrogens is 1. The Hall–Kier alpha value is -1.58. The van der Waals surface area contributed by atoms with Gasteiger partial charge in [-0.05, 0) is 25.0 Å². The molecule has 0 aliphatic heterocycles. The van der Waals surface area contributed by atoms with Crippen LogP contribution >= 0.6 is 0 Å². The smallest absolute Gasteiger partial charge is 0.224 e. The third-order valence-corrected chi connectivity index (χ3v) is 2.66. The van der Waals surface area contributed by atoms with Crippen LogP contribution < -0.4 is 10.2 Å². The third-order valence-electron chi connectivity index (χ3n) is 2.66. The second kappa shape index (κ2) is 7.69. The molecule has 0 fully saturated rings. The minimum Gasteiger partial charge on any atom is -0.357 e. The molecule has 0 bridgehead atoms. The number of rotatable bonds is 7. The van der Waals surface area contributed by atoms with Crippen molar-refractivity contribution in [1.82, 2.24) is 4.98 Å². The van der Waals surface area contributed by atoms with Crippen molar-refractivity contribution in [3.05, 3.63) is 18.3 Å². The van der Waals surface area contributed by atoms with Crippen molar-refractivity contribution in [3.63, 3.8) is 0 Å². The van der Waals surface area contributed by atoms with Crippen LogP contribution in [0.2, 0.25) is 0 Å². The van der Waals surface area contributed by atoms with Crippen LogP contribution in [0.3, 0.4) is 0 Å². The van der Waals surface area contributed by atoms with E-state index in [-0.39, 0.29) is 5.91 Å². The first-order valence-electron chi connectivity index (χ1n) is 6.72. The summed E-state index contributed by atoms with van der Waals surface area (Å²) in [5.74, 6) is 0.997. The van der Waals surface area contributed by atoms with Gasteiger partial charge in [-0.2, -0.15) is 0 Å². The monoisotopic (exact) mass is 249 g/mol. The lowest BCUT2D eigenvalue weighted by Crippen LogP contribution is -2.25. The first kappa shape index (κ1) is 14.5. The number of carbonyl (C=O) groups is 1. The Kier molecular flexibility index (Phi) is 6.19. The van der Waals surface area contributed by atoms with Crippen LogP contribution in [0.25, 0.3) is 0 Å². The molecule has 100 valence electrons. The highest BCUT2D eigenvalue weighted by molar-refractivity contribution is 5.90. The molecule has 0 aliphatic carbocycles. The van der Waals surface area contributed by atoms with Crippen molar-refractivity contribution in [2.24, 2.45) is 0 Å². The first-order valence-corrected chi connectivity index (χ1v) is 6.72. The van der Waals surface area contributed by atoms with E-state index < -0.39 is 0 Å². The summed E-state index contributed by atoms with van der Waals surface area (Å²) in [4.78, 5) is 17.9. The molecule has 0 saturated heterocycles. The largest absolute Gasteiger partial charge is 0.357 e. The van der Waals surface area contributed by atoms with Crippen LogP contribution in [0.1, 0.15) is 40.0 Å². The van der Waals surface area contributed by atoms with Gasteiger partial charge in [0.1, 0.15) is 5.82 Å². The van der Waals surface area contributed by atoms with Gasteiger partial charge in [0.2, 0.25) is 5.91 Å². The molecule has 0 aromatic carbocycles. The summed E-state index contributed by atoms with van der Waals surface area (Å²) in [7, 11) is 0. The number of hydrogen-bond donors (Lipinski definition) is 1. The summed E-state index contributed by atoms with van der Waals surface area (Å²) in [6.45, 7) is 8.20. The Morgan fingerprint density at radius 2 is 1.89 bits per heavy atom. The van der Waals surface area contributed by atoms with Crippen molar-refractivity contribution in [1.29, 1.82) is 0 Å². The summed E-state index contributed by atoms with van der Waals surface area (Å²) in [6.07, 6.45) is 4.42. The zero-order valence-electron chi connectivity index (χ0n) is 11.6. The Morgan fingerprint density at radius 3 is 2.33 bits per heavy atom. The van der Waals surface area contributed by atoms with Gasteiger partial charge in [0, 0.05) is 19.5 Å². The van der Waals surface area contributed by atoms with Crippen LogP contribution in [0, 0.1) is 0 Å². The molecule has 4 heteroatoms. The highest BCUT2D eigenvalue weighted by Crippen LogP contribution is 2.15. The number of pyridine rings is 1. The Balaban J connectivity index is 2.70. The van der Waals surface area contributed by atoms with E-state index in [1.54, 1.807) is 6.20 Å². The van der Waals surface area contributed by atoms with Crippen LogP contribution in [-0.2, 0) is 4.79 Å². The second-order valence-electron chi connectivity index (χ2n) is 4.29. The summed E-state index contributed by atoms with van der Waals surface area (Å²) in [6, 6.07) is 3.88. The maximum atomic E-state index is 11.3. The molecule has 0 spiro atoms. The third kappa shape index (κ3) is 4.35. The SMILES string of the molecule is CCCN(CCC)c1ccc(NC(=O)CC)cn1. The van der Waals surface area contributed by atoms with Crippen molar-refractivity contribution >= 4 is 17.4 Å². The molecule has 0 atom stereocenters. The number of amides is 1. The predicted molar refractivity (Wildman–Crippen MR) is 76.0 cm³/mol. The van der Waals surface area contributed by atoms with Gasteiger partial charge in [-0.1, -0.05) is 20.8 Å². The average molecular weight is 249 g/mol. The summed E-state index contributed by atoms with van der Waals surface area (Å²) >= 11 is 0. The molecule has 0 aliphatic rings. The zero-order chi connectivity index (χ0) is 13.4. The maximum Gasteiger partial charge on any atom is 0.224 e. The highest BCUT2D eigenvalue weighted by Gasteiger charge is 2.06. The highest BCUT2D eigenvalue weighted by atomic mass is 16.1. The lowest BCUT2D eigenvalue weighted by atomic mass is 10.3. The molecular formula is C14H23N3O. The Morgan fingerprint density at radius 1 is 1.22 bits per heavy atom. The minimum absolute atomic E-state index is 0.0172. The topological polar surface area (TPSA) is 45.2 Å². The molecule has 18 heavy (non-hydrogen) atoms. The molecule has 1 N–H and O–H groups in total. The quantitative estimate of drug-likeness (QED) is 0.807. The van der Waals surface area contributed by atoms with Crippen molar-refractivity contribution in [3.8, 4) is 0 Å². The van der Waals surface area contributed by atoms with Gasteiger partial charge in [0.25, 0.3) is 0 Å². The van der Waals surface area contributed by atoms with E-state index in [1.165, 1.54) is 0 Å². The Bertz CT molecular complexity index is 356. The summed E-state index contributed by atoms with van der Waals surface area (Å²) in [5, 5.41) is 2.80. The van der Waals surface area contributed by atoms with E-state index in [0.29, 0.717) is 6.42 Å².